The third-order valence-electron chi connectivity index (χ3n) is 2.33. The molecule has 0 spiro atoms. The number of pyridine rings is 1. The zero-order valence-corrected chi connectivity index (χ0v) is 10.6. The predicted octanol–water partition coefficient (Wildman–Crippen LogP) is 1.06. The zero-order chi connectivity index (χ0) is 10.7. The highest BCUT2D eigenvalue weighted by Gasteiger charge is 2.24. The summed E-state index contributed by atoms with van der Waals surface area (Å²) < 4.78 is 0. The summed E-state index contributed by atoms with van der Waals surface area (Å²) in [6, 6.07) is 3.46. The normalized spacial score (nSPS) is 13.4. The molecule has 1 aromatic heterocycles. The molecule has 1 amide bonds. The van der Waals surface area contributed by atoms with Crippen molar-refractivity contribution >= 4 is 36.4 Å². The van der Waals surface area contributed by atoms with Gasteiger partial charge in [0.15, 0.2) is 0 Å². The zero-order valence-electron chi connectivity index (χ0n) is 8.97. The predicted molar refractivity (Wildman–Crippen MR) is 71.7 cm³/mol. The van der Waals surface area contributed by atoms with E-state index >= 15 is 0 Å². The van der Waals surface area contributed by atoms with Crippen molar-refractivity contribution in [3.05, 3.63) is 24.0 Å². The van der Waals surface area contributed by atoms with Crippen molar-refractivity contribution in [1.29, 1.82) is 0 Å². The second-order valence-electron chi connectivity index (χ2n) is 3.42. The molecule has 0 saturated carbocycles. The van der Waals surface area contributed by atoms with Crippen LogP contribution in [0.5, 0.6) is 0 Å². The number of aromatic nitrogens is 1. The molecule has 0 aliphatic carbocycles. The van der Waals surface area contributed by atoms with E-state index in [4.69, 9.17) is 6.42 Å². The number of rotatable bonds is 2. The van der Waals surface area contributed by atoms with Gasteiger partial charge in [0.1, 0.15) is 5.69 Å². The summed E-state index contributed by atoms with van der Waals surface area (Å²) in [5.74, 6) is 2.53. The van der Waals surface area contributed by atoms with E-state index in [0.717, 1.165) is 13.1 Å². The highest BCUT2D eigenvalue weighted by Crippen LogP contribution is 2.10. The Kier molecular flexibility index (Phi) is 6.59. The van der Waals surface area contributed by atoms with Crippen molar-refractivity contribution in [2.24, 2.45) is 5.92 Å². The van der Waals surface area contributed by atoms with E-state index in [1.165, 1.54) is 0 Å². The van der Waals surface area contributed by atoms with Gasteiger partial charge in [0.05, 0.1) is 17.8 Å². The maximum absolute atomic E-state index is 11.5. The molecule has 1 aliphatic heterocycles. The third-order valence-corrected chi connectivity index (χ3v) is 2.33. The smallest absolute Gasteiger partial charge is 0.230 e. The lowest BCUT2D eigenvalue weighted by molar-refractivity contribution is -0.121. The molecule has 0 radical (unpaired) electrons. The molecule has 17 heavy (non-hydrogen) atoms. The summed E-state index contributed by atoms with van der Waals surface area (Å²) in [5, 5.41) is 5.83. The maximum atomic E-state index is 11.5. The molecule has 0 aromatic carbocycles. The minimum absolute atomic E-state index is 0. The average molecular weight is 274 g/mol. The first-order valence-corrected chi connectivity index (χ1v) is 4.74. The summed E-state index contributed by atoms with van der Waals surface area (Å²) in [4.78, 5) is 15.5. The number of nitrogens with one attached hydrogen (secondary N) is 2. The van der Waals surface area contributed by atoms with Crippen molar-refractivity contribution < 1.29 is 4.79 Å². The fourth-order valence-electron chi connectivity index (χ4n) is 1.27. The summed E-state index contributed by atoms with van der Waals surface area (Å²) in [6.07, 6.45) is 6.74. The molecule has 0 bridgehead atoms. The number of carbonyl (C=O) groups excluding carboxylic acids is 1. The van der Waals surface area contributed by atoms with Crippen LogP contribution in [0.15, 0.2) is 18.3 Å². The monoisotopic (exact) mass is 273 g/mol. The lowest BCUT2D eigenvalue weighted by atomic mass is 10.0. The Labute approximate surface area is 112 Å². The van der Waals surface area contributed by atoms with Crippen molar-refractivity contribution in [2.45, 2.75) is 0 Å². The maximum Gasteiger partial charge on any atom is 0.230 e. The molecule has 0 atom stereocenters. The van der Waals surface area contributed by atoms with Crippen LogP contribution >= 0.6 is 24.8 Å². The van der Waals surface area contributed by atoms with Crippen LogP contribution in [0.3, 0.4) is 0 Å². The number of hydrogen-bond donors (Lipinski definition) is 2. The van der Waals surface area contributed by atoms with Gasteiger partial charge in [-0.15, -0.1) is 31.2 Å². The van der Waals surface area contributed by atoms with E-state index in [0.29, 0.717) is 11.4 Å². The second-order valence-corrected chi connectivity index (χ2v) is 3.42. The quantitative estimate of drug-likeness (QED) is 0.793. The molecule has 2 rings (SSSR count). The fourth-order valence-corrected chi connectivity index (χ4v) is 1.27. The molecule has 92 valence electrons. The van der Waals surface area contributed by atoms with Gasteiger partial charge in [-0.3, -0.25) is 4.79 Å². The van der Waals surface area contributed by atoms with Crippen LogP contribution in [0.4, 0.5) is 5.69 Å². The average Bonchev–Trinajstić information content (AvgIpc) is 2.16. The first-order valence-electron chi connectivity index (χ1n) is 4.74. The topological polar surface area (TPSA) is 54.0 Å². The van der Waals surface area contributed by atoms with Crippen LogP contribution in [0, 0.1) is 18.3 Å². The Balaban J connectivity index is 0.00000128. The van der Waals surface area contributed by atoms with Crippen molar-refractivity contribution in [3.63, 3.8) is 0 Å². The number of carbonyl (C=O) groups is 1. The molecule has 1 aromatic rings. The number of terminal acetylenes is 1. The van der Waals surface area contributed by atoms with E-state index in [2.05, 4.69) is 21.5 Å². The first kappa shape index (κ1) is 15.7. The largest absolute Gasteiger partial charge is 0.324 e. The number of hydrogen-bond acceptors (Lipinski definition) is 3. The Hall–Kier alpha value is -1.28. The molecule has 1 aliphatic rings. The summed E-state index contributed by atoms with van der Waals surface area (Å²) in [7, 11) is 0. The number of halogens is 2. The van der Waals surface area contributed by atoms with Crippen molar-refractivity contribution in [1.82, 2.24) is 10.3 Å². The van der Waals surface area contributed by atoms with Gasteiger partial charge in [-0.25, -0.2) is 4.98 Å². The molecule has 2 N–H and O–H groups in total. The Morgan fingerprint density at radius 3 is 2.59 bits per heavy atom. The molecule has 6 heteroatoms. The number of nitrogens with zero attached hydrogens (tertiary/aromatic N) is 1. The van der Waals surface area contributed by atoms with E-state index in [1.54, 1.807) is 18.3 Å². The molecule has 0 unspecified atom stereocenters. The molecule has 4 nitrogen and oxygen atoms in total. The summed E-state index contributed by atoms with van der Waals surface area (Å²) >= 11 is 0. The van der Waals surface area contributed by atoms with Crippen molar-refractivity contribution in [2.75, 3.05) is 18.4 Å². The van der Waals surface area contributed by atoms with Crippen LogP contribution in [0.25, 0.3) is 0 Å². The van der Waals surface area contributed by atoms with Gasteiger partial charge >= 0.3 is 0 Å². The Morgan fingerprint density at radius 2 is 2.18 bits per heavy atom. The number of anilines is 1. The van der Waals surface area contributed by atoms with Gasteiger partial charge in [0.25, 0.3) is 0 Å². The van der Waals surface area contributed by atoms with Crippen LogP contribution < -0.4 is 10.6 Å². The van der Waals surface area contributed by atoms with Gasteiger partial charge in [-0.2, -0.15) is 0 Å². The SMILES string of the molecule is C#Cc1ccc(NC(=O)C2CNC2)cn1.Cl.Cl. The standard InChI is InChI=1S/C11H11N3O.2ClH/c1-2-9-3-4-10(7-13-9)14-11(15)8-5-12-6-8;;/h1,3-4,7-8,12H,5-6H2,(H,14,15);2*1H. The Bertz CT molecular complexity index is 410. The summed E-state index contributed by atoms with van der Waals surface area (Å²) in [6.45, 7) is 1.50. The fraction of sp³-hybridized carbons (Fsp3) is 0.273. The molecule has 2 heterocycles. The summed E-state index contributed by atoms with van der Waals surface area (Å²) in [5.41, 5.74) is 1.25. The van der Waals surface area contributed by atoms with E-state index in [-0.39, 0.29) is 36.6 Å². The molecule has 1 fully saturated rings. The minimum atomic E-state index is 0. The second kappa shape index (κ2) is 7.13. The lowest BCUT2D eigenvalue weighted by Crippen LogP contribution is -2.48. The Morgan fingerprint density at radius 1 is 1.47 bits per heavy atom. The van der Waals surface area contributed by atoms with E-state index in [1.807, 2.05) is 0 Å². The third kappa shape index (κ3) is 3.90. The first-order chi connectivity index (χ1) is 7.29. The van der Waals surface area contributed by atoms with E-state index < -0.39 is 0 Å². The molecular weight excluding hydrogens is 261 g/mol. The highest BCUT2D eigenvalue weighted by molar-refractivity contribution is 5.93. The van der Waals surface area contributed by atoms with Crippen LogP contribution in [0.2, 0.25) is 0 Å². The van der Waals surface area contributed by atoms with Gasteiger partial charge in [0, 0.05) is 13.1 Å². The van der Waals surface area contributed by atoms with Crippen LogP contribution in [0.1, 0.15) is 5.69 Å². The van der Waals surface area contributed by atoms with Gasteiger partial charge in [0.2, 0.25) is 5.91 Å². The van der Waals surface area contributed by atoms with Crippen LogP contribution in [-0.4, -0.2) is 24.0 Å². The minimum Gasteiger partial charge on any atom is -0.324 e. The lowest BCUT2D eigenvalue weighted by Gasteiger charge is -2.25. The molecular formula is C11H13Cl2N3O. The number of amides is 1. The van der Waals surface area contributed by atoms with Gasteiger partial charge in [-0.05, 0) is 12.1 Å². The molecule has 1 saturated heterocycles. The van der Waals surface area contributed by atoms with Gasteiger partial charge in [-0.1, -0.05) is 5.92 Å². The van der Waals surface area contributed by atoms with Crippen molar-refractivity contribution in [3.8, 4) is 12.3 Å². The van der Waals surface area contributed by atoms with Crippen LogP contribution in [-0.2, 0) is 4.79 Å². The van der Waals surface area contributed by atoms with Gasteiger partial charge < -0.3 is 10.6 Å². The highest BCUT2D eigenvalue weighted by atomic mass is 35.5. The van der Waals surface area contributed by atoms with E-state index in [9.17, 15) is 4.79 Å².